The zero-order valence-electron chi connectivity index (χ0n) is 10.6. The van der Waals surface area contributed by atoms with Gasteiger partial charge in [-0.1, -0.05) is 18.0 Å². The Morgan fingerprint density at radius 3 is 2.84 bits per heavy atom. The van der Waals surface area contributed by atoms with Gasteiger partial charge in [-0.25, -0.2) is 0 Å². The van der Waals surface area contributed by atoms with E-state index in [1.807, 2.05) is 12.1 Å². The highest BCUT2D eigenvalue weighted by Gasteiger charge is 2.27. The van der Waals surface area contributed by atoms with E-state index < -0.39 is 0 Å². The van der Waals surface area contributed by atoms with E-state index in [1.165, 1.54) is 0 Å². The molecule has 5 nitrogen and oxygen atoms in total. The Hall–Kier alpha value is -2.04. The number of aromatic nitrogens is 3. The Kier molecular flexibility index (Phi) is 3.35. The zero-order valence-corrected chi connectivity index (χ0v) is 10.6. The van der Waals surface area contributed by atoms with Gasteiger partial charge in [0.1, 0.15) is 5.78 Å². The lowest BCUT2D eigenvalue weighted by Gasteiger charge is -2.06. The Labute approximate surface area is 111 Å². The van der Waals surface area contributed by atoms with Crippen molar-refractivity contribution >= 4 is 5.78 Å². The van der Waals surface area contributed by atoms with Crippen LogP contribution in [0.1, 0.15) is 43.9 Å². The maximum atomic E-state index is 12.0. The molecule has 19 heavy (non-hydrogen) atoms. The Bertz CT molecular complexity index is 565. The van der Waals surface area contributed by atoms with Crippen molar-refractivity contribution in [2.24, 2.45) is 0 Å². The quantitative estimate of drug-likeness (QED) is 0.774. The van der Waals surface area contributed by atoms with Gasteiger partial charge in [-0.05, 0) is 25.0 Å². The van der Waals surface area contributed by atoms with Gasteiger partial charge in [0, 0.05) is 24.4 Å². The lowest BCUT2D eigenvalue weighted by atomic mass is 9.99. The standard InChI is InChI=1S/C14H15N3O2/c18-12-5-3-1-2-4-11(12)14-16-13(17-19-14)10-6-8-15-9-7-10/h6-9,11H,1-5H2. The van der Waals surface area contributed by atoms with Crippen molar-refractivity contribution in [3.63, 3.8) is 0 Å². The molecule has 2 aromatic heterocycles. The van der Waals surface area contributed by atoms with Gasteiger partial charge < -0.3 is 4.52 Å². The van der Waals surface area contributed by atoms with Gasteiger partial charge in [0.25, 0.3) is 0 Å². The fourth-order valence-electron chi connectivity index (χ4n) is 2.42. The lowest BCUT2D eigenvalue weighted by Crippen LogP contribution is -2.10. The van der Waals surface area contributed by atoms with Crippen LogP contribution in [0.25, 0.3) is 11.4 Å². The molecule has 3 rings (SSSR count). The van der Waals surface area contributed by atoms with Crippen LogP contribution < -0.4 is 0 Å². The molecule has 98 valence electrons. The lowest BCUT2D eigenvalue weighted by molar-refractivity contribution is -0.120. The number of Topliss-reactive ketones (excluding diaryl/α,β-unsaturated/α-hetero) is 1. The van der Waals surface area contributed by atoms with E-state index in [0.29, 0.717) is 18.1 Å². The van der Waals surface area contributed by atoms with E-state index in [4.69, 9.17) is 4.52 Å². The first-order valence-electron chi connectivity index (χ1n) is 6.61. The SMILES string of the molecule is O=C1CCCCCC1c1nc(-c2ccncc2)no1. The predicted molar refractivity (Wildman–Crippen MR) is 68.4 cm³/mol. The van der Waals surface area contributed by atoms with Crippen molar-refractivity contribution < 1.29 is 9.32 Å². The van der Waals surface area contributed by atoms with E-state index in [0.717, 1.165) is 31.2 Å². The molecule has 1 aliphatic carbocycles. The van der Waals surface area contributed by atoms with Crippen LogP contribution in [0, 0.1) is 0 Å². The number of hydrogen-bond acceptors (Lipinski definition) is 5. The van der Waals surface area contributed by atoms with Crippen LogP contribution in [0.3, 0.4) is 0 Å². The fraction of sp³-hybridized carbons (Fsp3) is 0.429. The fourth-order valence-corrected chi connectivity index (χ4v) is 2.42. The van der Waals surface area contributed by atoms with Crippen molar-refractivity contribution in [2.45, 2.75) is 38.0 Å². The van der Waals surface area contributed by atoms with Gasteiger partial charge in [0.2, 0.25) is 11.7 Å². The monoisotopic (exact) mass is 257 g/mol. The minimum absolute atomic E-state index is 0.217. The summed E-state index contributed by atoms with van der Waals surface area (Å²) in [7, 11) is 0. The third-order valence-corrected chi connectivity index (χ3v) is 3.48. The second kappa shape index (κ2) is 5.30. The van der Waals surface area contributed by atoms with Crippen LogP contribution in [0.4, 0.5) is 0 Å². The van der Waals surface area contributed by atoms with Crippen molar-refractivity contribution in [2.75, 3.05) is 0 Å². The van der Waals surface area contributed by atoms with E-state index in [9.17, 15) is 4.79 Å². The summed E-state index contributed by atoms with van der Waals surface area (Å²) in [6.07, 6.45) is 7.93. The average Bonchev–Trinajstić information content (AvgIpc) is 2.83. The molecule has 1 fully saturated rings. The minimum Gasteiger partial charge on any atom is -0.338 e. The predicted octanol–water partition coefficient (Wildman–Crippen LogP) is 2.75. The van der Waals surface area contributed by atoms with Crippen molar-refractivity contribution in [3.05, 3.63) is 30.4 Å². The van der Waals surface area contributed by atoms with Crippen LogP contribution in [0.2, 0.25) is 0 Å². The largest absolute Gasteiger partial charge is 0.338 e. The highest BCUT2D eigenvalue weighted by Crippen LogP contribution is 2.29. The highest BCUT2D eigenvalue weighted by atomic mass is 16.5. The van der Waals surface area contributed by atoms with Crippen LogP contribution in [-0.2, 0) is 4.79 Å². The number of rotatable bonds is 2. The summed E-state index contributed by atoms with van der Waals surface area (Å²) in [6.45, 7) is 0. The number of ketones is 1. The maximum Gasteiger partial charge on any atom is 0.237 e. The van der Waals surface area contributed by atoms with Gasteiger partial charge in [-0.2, -0.15) is 4.98 Å². The second-order valence-corrected chi connectivity index (χ2v) is 4.81. The summed E-state index contributed by atoms with van der Waals surface area (Å²) in [6, 6.07) is 3.65. The van der Waals surface area contributed by atoms with Crippen LogP contribution in [0.15, 0.2) is 29.0 Å². The van der Waals surface area contributed by atoms with Gasteiger partial charge in [-0.3, -0.25) is 9.78 Å². The maximum absolute atomic E-state index is 12.0. The molecule has 0 N–H and O–H groups in total. The Balaban J connectivity index is 1.86. The average molecular weight is 257 g/mol. The first-order valence-corrected chi connectivity index (χ1v) is 6.61. The molecule has 0 aliphatic heterocycles. The molecule has 0 radical (unpaired) electrons. The molecule has 1 unspecified atom stereocenters. The first kappa shape index (κ1) is 12.0. The van der Waals surface area contributed by atoms with Crippen molar-refractivity contribution in [1.82, 2.24) is 15.1 Å². The molecule has 1 aliphatic rings. The summed E-state index contributed by atoms with van der Waals surface area (Å²) in [5.41, 5.74) is 0.853. The van der Waals surface area contributed by atoms with Crippen molar-refractivity contribution in [1.29, 1.82) is 0 Å². The molecule has 0 spiro atoms. The smallest absolute Gasteiger partial charge is 0.237 e. The minimum atomic E-state index is -0.217. The first-order chi connectivity index (χ1) is 9.34. The Morgan fingerprint density at radius 1 is 1.16 bits per heavy atom. The molecule has 0 aromatic carbocycles. The molecular formula is C14H15N3O2. The van der Waals surface area contributed by atoms with E-state index in [-0.39, 0.29) is 11.7 Å². The van der Waals surface area contributed by atoms with E-state index in [2.05, 4.69) is 15.1 Å². The third kappa shape index (κ3) is 2.54. The molecule has 0 amide bonds. The molecule has 1 atom stereocenters. The van der Waals surface area contributed by atoms with Crippen LogP contribution >= 0.6 is 0 Å². The van der Waals surface area contributed by atoms with Gasteiger partial charge in [0.15, 0.2) is 0 Å². The molecule has 2 heterocycles. The summed E-state index contributed by atoms with van der Waals surface area (Å²) < 4.78 is 5.28. The number of hydrogen-bond donors (Lipinski definition) is 0. The van der Waals surface area contributed by atoms with E-state index in [1.54, 1.807) is 12.4 Å². The van der Waals surface area contributed by atoms with E-state index >= 15 is 0 Å². The number of carbonyl (C=O) groups is 1. The summed E-state index contributed by atoms with van der Waals surface area (Å²) >= 11 is 0. The van der Waals surface area contributed by atoms with Gasteiger partial charge in [0.05, 0.1) is 5.92 Å². The third-order valence-electron chi connectivity index (χ3n) is 3.48. The van der Waals surface area contributed by atoms with Crippen molar-refractivity contribution in [3.8, 4) is 11.4 Å². The van der Waals surface area contributed by atoms with Gasteiger partial charge in [-0.15, -0.1) is 0 Å². The van der Waals surface area contributed by atoms with Crippen LogP contribution in [-0.4, -0.2) is 20.9 Å². The summed E-state index contributed by atoms with van der Waals surface area (Å²) in [5, 5.41) is 3.96. The summed E-state index contributed by atoms with van der Waals surface area (Å²) in [5.74, 6) is 0.987. The second-order valence-electron chi connectivity index (χ2n) is 4.81. The molecular weight excluding hydrogens is 242 g/mol. The molecule has 2 aromatic rings. The molecule has 1 saturated carbocycles. The van der Waals surface area contributed by atoms with Gasteiger partial charge >= 0.3 is 0 Å². The zero-order chi connectivity index (χ0) is 13.1. The molecule has 5 heteroatoms. The number of pyridine rings is 1. The highest BCUT2D eigenvalue weighted by molar-refractivity contribution is 5.85. The normalized spacial score (nSPS) is 20.2. The number of nitrogens with zero attached hydrogens (tertiary/aromatic N) is 3. The molecule has 0 saturated heterocycles. The Morgan fingerprint density at radius 2 is 2.00 bits per heavy atom. The molecule has 0 bridgehead atoms. The summed E-state index contributed by atoms with van der Waals surface area (Å²) in [4.78, 5) is 20.3. The van der Waals surface area contributed by atoms with Crippen LogP contribution in [0.5, 0.6) is 0 Å². The topological polar surface area (TPSA) is 68.9 Å². The number of carbonyl (C=O) groups excluding carboxylic acids is 1.